The number of hydrogen-bond acceptors (Lipinski definition) is 1. The Balaban J connectivity index is 2.48. The molecule has 1 nitrogen and oxygen atoms in total. The van der Waals surface area contributed by atoms with Gasteiger partial charge in [0.25, 0.3) is 0 Å². The Morgan fingerprint density at radius 2 is 0.895 bits per heavy atom. The maximum absolute atomic E-state index is 10.2. The molecule has 90 valence electrons. The van der Waals surface area contributed by atoms with Crippen molar-refractivity contribution < 1.29 is 5.11 Å². The Bertz CT molecular complexity index is 877. The summed E-state index contributed by atoms with van der Waals surface area (Å²) >= 11 is 0. The maximum Gasteiger partial charge on any atom is 0.124 e. The lowest BCUT2D eigenvalue weighted by Gasteiger charge is -2.10. The van der Waals surface area contributed by atoms with Crippen molar-refractivity contribution in [1.29, 1.82) is 0 Å². The fourth-order valence-electron chi connectivity index (χ4n) is 2.94. The van der Waals surface area contributed by atoms with Gasteiger partial charge in [-0.2, -0.15) is 0 Å². The molecule has 0 atom stereocenters. The number of phenols is 1. The van der Waals surface area contributed by atoms with Crippen LogP contribution in [0.15, 0.2) is 66.7 Å². The Kier molecular flexibility index (Phi) is 2.04. The van der Waals surface area contributed by atoms with Gasteiger partial charge in [0.1, 0.15) is 5.75 Å². The molecule has 0 fully saturated rings. The molecule has 19 heavy (non-hydrogen) atoms. The van der Waals surface area contributed by atoms with Gasteiger partial charge in [-0.05, 0) is 33.0 Å². The van der Waals surface area contributed by atoms with Gasteiger partial charge in [-0.15, -0.1) is 0 Å². The molecule has 0 aliphatic heterocycles. The highest BCUT2D eigenvalue weighted by Crippen LogP contribution is 2.38. The van der Waals surface area contributed by atoms with Crippen LogP contribution < -0.4 is 0 Å². The topological polar surface area (TPSA) is 20.2 Å². The van der Waals surface area contributed by atoms with Gasteiger partial charge in [-0.25, -0.2) is 0 Å². The highest BCUT2D eigenvalue weighted by molar-refractivity contribution is 6.26. The van der Waals surface area contributed by atoms with Crippen molar-refractivity contribution in [2.75, 3.05) is 0 Å². The van der Waals surface area contributed by atoms with Crippen LogP contribution in [0.3, 0.4) is 0 Å². The van der Waals surface area contributed by atoms with Crippen molar-refractivity contribution in [3.8, 4) is 5.75 Å². The lowest BCUT2D eigenvalue weighted by atomic mass is 9.94. The van der Waals surface area contributed by atoms with Gasteiger partial charge >= 0.3 is 0 Å². The maximum atomic E-state index is 10.2. The molecule has 0 saturated heterocycles. The van der Waals surface area contributed by atoms with E-state index in [2.05, 4.69) is 36.4 Å². The first-order chi connectivity index (χ1) is 9.36. The average molecular weight is 244 g/mol. The van der Waals surface area contributed by atoms with E-state index < -0.39 is 0 Å². The molecule has 0 aliphatic rings. The minimum atomic E-state index is 0.347. The van der Waals surface area contributed by atoms with Gasteiger partial charge in [0.05, 0.1) is 0 Å². The zero-order valence-corrected chi connectivity index (χ0v) is 10.3. The summed E-state index contributed by atoms with van der Waals surface area (Å²) in [6, 6.07) is 22.3. The third kappa shape index (κ3) is 1.36. The van der Waals surface area contributed by atoms with Gasteiger partial charge in [0, 0.05) is 5.39 Å². The van der Waals surface area contributed by atoms with Crippen LogP contribution in [0.5, 0.6) is 5.75 Å². The van der Waals surface area contributed by atoms with Crippen LogP contribution in [0.25, 0.3) is 32.3 Å². The Morgan fingerprint density at radius 3 is 1.47 bits per heavy atom. The SMILES string of the molecule is Oc1cccc2c3ccccc3c3ccccc3c12. The summed E-state index contributed by atoms with van der Waals surface area (Å²) in [6.45, 7) is 0. The molecule has 4 aromatic rings. The first-order valence-corrected chi connectivity index (χ1v) is 6.37. The smallest absolute Gasteiger partial charge is 0.124 e. The summed E-state index contributed by atoms with van der Waals surface area (Å²) in [5, 5.41) is 17.0. The number of rotatable bonds is 0. The number of fused-ring (bicyclic) bond motifs is 6. The molecule has 0 amide bonds. The molecule has 0 unspecified atom stereocenters. The molecule has 1 N–H and O–H groups in total. The van der Waals surface area contributed by atoms with Crippen molar-refractivity contribution in [2.24, 2.45) is 0 Å². The quantitative estimate of drug-likeness (QED) is 0.438. The largest absolute Gasteiger partial charge is 0.507 e. The van der Waals surface area contributed by atoms with Crippen LogP contribution in [0.2, 0.25) is 0 Å². The van der Waals surface area contributed by atoms with Crippen LogP contribution in [-0.4, -0.2) is 5.11 Å². The average Bonchev–Trinajstić information content (AvgIpc) is 2.47. The highest BCUT2D eigenvalue weighted by atomic mass is 16.3. The fraction of sp³-hybridized carbons (Fsp3) is 0. The molecular weight excluding hydrogens is 232 g/mol. The van der Waals surface area contributed by atoms with Crippen molar-refractivity contribution >= 4 is 32.3 Å². The summed E-state index contributed by atoms with van der Waals surface area (Å²) in [5.41, 5.74) is 0. The first kappa shape index (κ1) is 10.4. The molecule has 1 heteroatoms. The van der Waals surface area contributed by atoms with E-state index in [-0.39, 0.29) is 0 Å². The molecule has 0 spiro atoms. The third-order valence-electron chi connectivity index (χ3n) is 3.75. The summed E-state index contributed by atoms with van der Waals surface area (Å²) in [4.78, 5) is 0. The van der Waals surface area contributed by atoms with E-state index in [0.29, 0.717) is 5.75 Å². The standard InChI is InChI=1S/C18H12O/c19-17-11-5-10-16-14-7-2-1-6-12(14)13-8-3-4-9-15(13)18(16)17/h1-11,19H. The molecule has 0 saturated carbocycles. The van der Waals surface area contributed by atoms with E-state index in [4.69, 9.17) is 0 Å². The first-order valence-electron chi connectivity index (χ1n) is 6.37. The van der Waals surface area contributed by atoms with Crippen LogP contribution in [0, 0.1) is 0 Å². The van der Waals surface area contributed by atoms with Gasteiger partial charge in [0.15, 0.2) is 0 Å². The molecule has 0 aromatic heterocycles. The molecular formula is C18H12O. The predicted octanol–water partition coefficient (Wildman–Crippen LogP) is 4.85. The summed E-state index contributed by atoms with van der Waals surface area (Å²) in [5.74, 6) is 0.347. The van der Waals surface area contributed by atoms with E-state index in [0.717, 1.165) is 16.2 Å². The van der Waals surface area contributed by atoms with Crippen LogP contribution in [-0.2, 0) is 0 Å². The number of benzene rings is 4. The summed E-state index contributed by atoms with van der Waals surface area (Å²) in [6.07, 6.45) is 0. The molecule has 0 radical (unpaired) electrons. The number of phenolic OH excluding ortho intramolecular Hbond substituents is 1. The van der Waals surface area contributed by atoms with Gasteiger partial charge in [-0.3, -0.25) is 0 Å². The van der Waals surface area contributed by atoms with Crippen molar-refractivity contribution in [3.05, 3.63) is 66.7 Å². The highest BCUT2D eigenvalue weighted by Gasteiger charge is 2.09. The second-order valence-corrected chi connectivity index (χ2v) is 4.79. The zero-order valence-electron chi connectivity index (χ0n) is 10.3. The number of aromatic hydroxyl groups is 1. The predicted molar refractivity (Wildman–Crippen MR) is 80.6 cm³/mol. The molecule has 4 rings (SSSR count). The Labute approximate surface area is 110 Å². The molecule has 0 aliphatic carbocycles. The zero-order chi connectivity index (χ0) is 12.8. The summed E-state index contributed by atoms with van der Waals surface area (Å²) in [7, 11) is 0. The minimum absolute atomic E-state index is 0.347. The second kappa shape index (κ2) is 3.72. The van der Waals surface area contributed by atoms with Crippen LogP contribution in [0.1, 0.15) is 0 Å². The van der Waals surface area contributed by atoms with Gasteiger partial charge in [0.2, 0.25) is 0 Å². The van der Waals surface area contributed by atoms with E-state index in [1.807, 2.05) is 24.3 Å². The van der Waals surface area contributed by atoms with Gasteiger partial charge < -0.3 is 5.11 Å². The van der Waals surface area contributed by atoms with E-state index in [9.17, 15) is 5.11 Å². The van der Waals surface area contributed by atoms with Crippen molar-refractivity contribution in [1.82, 2.24) is 0 Å². The van der Waals surface area contributed by atoms with Crippen molar-refractivity contribution in [3.63, 3.8) is 0 Å². The summed E-state index contributed by atoms with van der Waals surface area (Å²) < 4.78 is 0. The Hall–Kier alpha value is -2.54. The Morgan fingerprint density at radius 1 is 0.474 bits per heavy atom. The van der Waals surface area contributed by atoms with Crippen LogP contribution >= 0.6 is 0 Å². The van der Waals surface area contributed by atoms with Crippen LogP contribution in [0.4, 0.5) is 0 Å². The van der Waals surface area contributed by atoms with E-state index in [1.54, 1.807) is 6.07 Å². The fourth-order valence-corrected chi connectivity index (χ4v) is 2.94. The second-order valence-electron chi connectivity index (χ2n) is 4.79. The van der Waals surface area contributed by atoms with Crippen molar-refractivity contribution in [2.45, 2.75) is 0 Å². The third-order valence-corrected chi connectivity index (χ3v) is 3.75. The lowest BCUT2D eigenvalue weighted by molar-refractivity contribution is 0.482. The monoisotopic (exact) mass is 244 g/mol. The minimum Gasteiger partial charge on any atom is -0.507 e. The molecule has 4 aromatic carbocycles. The van der Waals surface area contributed by atoms with E-state index in [1.165, 1.54) is 16.2 Å². The normalized spacial score (nSPS) is 11.4. The molecule has 0 bridgehead atoms. The molecule has 0 heterocycles. The van der Waals surface area contributed by atoms with Gasteiger partial charge in [-0.1, -0.05) is 60.7 Å². The number of hydrogen-bond donors (Lipinski definition) is 1. The lowest BCUT2D eigenvalue weighted by Crippen LogP contribution is -1.83. The van der Waals surface area contributed by atoms with E-state index >= 15 is 0 Å².